The summed E-state index contributed by atoms with van der Waals surface area (Å²) in [5.41, 5.74) is 0. The van der Waals surface area contributed by atoms with Crippen molar-refractivity contribution in [2.75, 3.05) is 26.7 Å². The normalized spacial score (nSPS) is 17.2. The van der Waals surface area contributed by atoms with Crippen molar-refractivity contribution in [2.45, 2.75) is 46.2 Å². The quantitative estimate of drug-likeness (QED) is 0.411. The highest BCUT2D eigenvalue weighted by atomic mass is 127. The van der Waals surface area contributed by atoms with E-state index in [-0.39, 0.29) is 24.0 Å². The second-order valence-corrected chi connectivity index (χ2v) is 7.72. The maximum absolute atomic E-state index is 4.37. The number of thiazole rings is 1. The van der Waals surface area contributed by atoms with Crippen LogP contribution in [-0.2, 0) is 6.54 Å². The van der Waals surface area contributed by atoms with Crippen LogP contribution in [0.3, 0.4) is 0 Å². The number of nitrogens with one attached hydrogen (secondary N) is 2. The van der Waals surface area contributed by atoms with E-state index < -0.39 is 0 Å². The second kappa shape index (κ2) is 10.5. The minimum absolute atomic E-state index is 0. The van der Waals surface area contributed by atoms with Gasteiger partial charge in [0, 0.05) is 43.8 Å². The molecule has 7 heteroatoms. The topological polar surface area (TPSA) is 52.6 Å². The van der Waals surface area contributed by atoms with E-state index in [9.17, 15) is 0 Å². The molecule has 2 rings (SSSR count). The molecule has 1 aliphatic heterocycles. The number of piperidine rings is 1. The molecule has 5 nitrogen and oxygen atoms in total. The summed E-state index contributed by atoms with van der Waals surface area (Å²) >= 11 is 1.73. The van der Waals surface area contributed by atoms with Crippen LogP contribution in [0.4, 0.5) is 0 Å². The van der Waals surface area contributed by atoms with Crippen LogP contribution < -0.4 is 10.6 Å². The van der Waals surface area contributed by atoms with Crippen LogP contribution in [0.25, 0.3) is 0 Å². The van der Waals surface area contributed by atoms with Gasteiger partial charge in [-0.2, -0.15) is 0 Å². The second-order valence-electron chi connectivity index (χ2n) is 6.40. The summed E-state index contributed by atoms with van der Waals surface area (Å²) < 4.78 is 0. The van der Waals surface area contributed by atoms with Crippen molar-refractivity contribution in [3.63, 3.8) is 0 Å². The lowest BCUT2D eigenvalue weighted by Gasteiger charge is -2.33. The third-order valence-electron chi connectivity index (χ3n) is 3.85. The molecule has 1 fully saturated rings. The number of hydrogen-bond acceptors (Lipinski definition) is 4. The first kappa shape index (κ1) is 20.6. The van der Waals surface area contributed by atoms with Crippen molar-refractivity contribution < 1.29 is 0 Å². The molecule has 2 heterocycles. The monoisotopic (exact) mass is 451 g/mol. The van der Waals surface area contributed by atoms with E-state index >= 15 is 0 Å². The average Bonchev–Trinajstić information content (AvgIpc) is 2.90. The minimum atomic E-state index is 0. The smallest absolute Gasteiger partial charge is 0.191 e. The highest BCUT2D eigenvalue weighted by Gasteiger charge is 2.20. The van der Waals surface area contributed by atoms with Crippen LogP contribution in [0.15, 0.2) is 11.2 Å². The molecule has 0 bridgehead atoms. The Labute approximate surface area is 161 Å². The van der Waals surface area contributed by atoms with Gasteiger partial charge in [-0.3, -0.25) is 4.99 Å². The van der Waals surface area contributed by atoms with E-state index in [1.807, 2.05) is 13.2 Å². The van der Waals surface area contributed by atoms with Crippen LogP contribution in [0.2, 0.25) is 0 Å². The average molecular weight is 451 g/mol. The van der Waals surface area contributed by atoms with Crippen molar-refractivity contribution in [2.24, 2.45) is 10.9 Å². The summed E-state index contributed by atoms with van der Waals surface area (Å²) in [5, 5.41) is 8.01. The highest BCUT2D eigenvalue weighted by molar-refractivity contribution is 14.0. The fraction of sp³-hybridized carbons (Fsp3) is 0.750. The molecule has 23 heavy (non-hydrogen) atoms. The Bertz CT molecular complexity index is 481. The Kier molecular flexibility index (Phi) is 9.38. The standard InChI is InChI=1S/C16H29N5S.HI/c1-12(2)11-21-7-5-14(6-8-21)20-16(17-4)19-10-15-18-9-13(3)22-15;/h9,12,14H,5-8,10-11H2,1-4H3,(H2,17,19,20);1H. The molecule has 1 aromatic heterocycles. The number of aryl methyl sites for hydroxylation is 1. The maximum atomic E-state index is 4.37. The van der Waals surface area contributed by atoms with E-state index in [0.29, 0.717) is 6.04 Å². The molecule has 0 atom stereocenters. The summed E-state index contributed by atoms with van der Waals surface area (Å²) in [4.78, 5) is 12.5. The summed E-state index contributed by atoms with van der Waals surface area (Å²) in [7, 11) is 1.83. The molecule has 1 aliphatic rings. The number of aliphatic imine (C=N–C) groups is 1. The van der Waals surface area contributed by atoms with Crippen molar-refractivity contribution in [1.82, 2.24) is 20.5 Å². The first-order valence-electron chi connectivity index (χ1n) is 8.17. The van der Waals surface area contributed by atoms with Gasteiger partial charge in [0.1, 0.15) is 5.01 Å². The van der Waals surface area contributed by atoms with Crippen LogP contribution >= 0.6 is 35.3 Å². The van der Waals surface area contributed by atoms with Crippen molar-refractivity contribution in [1.29, 1.82) is 0 Å². The number of nitrogens with zero attached hydrogens (tertiary/aromatic N) is 3. The molecule has 0 aromatic carbocycles. The van der Waals surface area contributed by atoms with Gasteiger partial charge in [-0.1, -0.05) is 13.8 Å². The van der Waals surface area contributed by atoms with E-state index in [1.54, 1.807) is 11.3 Å². The van der Waals surface area contributed by atoms with Gasteiger partial charge in [0.2, 0.25) is 0 Å². The van der Waals surface area contributed by atoms with Crippen LogP contribution in [0.5, 0.6) is 0 Å². The van der Waals surface area contributed by atoms with Gasteiger partial charge in [0.05, 0.1) is 6.54 Å². The lowest BCUT2D eigenvalue weighted by molar-refractivity contribution is 0.187. The SMILES string of the molecule is CN=C(NCc1ncc(C)s1)NC1CCN(CC(C)C)CC1.I. The van der Waals surface area contributed by atoms with Gasteiger partial charge in [-0.15, -0.1) is 35.3 Å². The van der Waals surface area contributed by atoms with Gasteiger partial charge in [0.15, 0.2) is 5.96 Å². The molecule has 0 amide bonds. The Morgan fingerprint density at radius 1 is 1.43 bits per heavy atom. The first-order chi connectivity index (χ1) is 10.6. The third-order valence-corrected chi connectivity index (χ3v) is 4.76. The fourth-order valence-corrected chi connectivity index (χ4v) is 3.53. The lowest BCUT2D eigenvalue weighted by atomic mass is 10.0. The molecule has 132 valence electrons. The summed E-state index contributed by atoms with van der Waals surface area (Å²) in [6.07, 6.45) is 4.29. The van der Waals surface area contributed by atoms with Gasteiger partial charge in [-0.25, -0.2) is 4.98 Å². The molecule has 0 unspecified atom stereocenters. The fourth-order valence-electron chi connectivity index (χ4n) is 2.81. The van der Waals surface area contributed by atoms with Crippen molar-refractivity contribution in [3.8, 4) is 0 Å². The van der Waals surface area contributed by atoms with E-state index in [0.717, 1.165) is 23.4 Å². The Morgan fingerprint density at radius 2 is 2.13 bits per heavy atom. The van der Waals surface area contributed by atoms with Crippen LogP contribution in [-0.4, -0.2) is 48.6 Å². The molecule has 2 N–H and O–H groups in total. The number of likely N-dealkylation sites (tertiary alicyclic amines) is 1. The number of aromatic nitrogens is 1. The highest BCUT2D eigenvalue weighted by Crippen LogP contribution is 2.12. The van der Waals surface area contributed by atoms with E-state index in [4.69, 9.17) is 0 Å². The number of guanidine groups is 1. The Hall–Kier alpha value is -0.410. The predicted molar refractivity (Wildman–Crippen MR) is 110 cm³/mol. The maximum Gasteiger partial charge on any atom is 0.191 e. The molecule has 0 radical (unpaired) electrons. The van der Waals surface area contributed by atoms with Gasteiger partial charge in [-0.05, 0) is 25.7 Å². The Morgan fingerprint density at radius 3 is 2.65 bits per heavy atom. The zero-order chi connectivity index (χ0) is 15.9. The number of rotatable bonds is 5. The number of halogens is 1. The molecular formula is C16H30IN5S. The zero-order valence-electron chi connectivity index (χ0n) is 14.6. The lowest BCUT2D eigenvalue weighted by Crippen LogP contribution is -2.48. The molecule has 1 aromatic rings. The van der Waals surface area contributed by atoms with Crippen molar-refractivity contribution >= 4 is 41.3 Å². The van der Waals surface area contributed by atoms with Gasteiger partial charge < -0.3 is 15.5 Å². The van der Waals surface area contributed by atoms with Crippen LogP contribution in [0, 0.1) is 12.8 Å². The van der Waals surface area contributed by atoms with E-state index in [1.165, 1.54) is 37.4 Å². The predicted octanol–water partition coefficient (Wildman–Crippen LogP) is 2.85. The zero-order valence-corrected chi connectivity index (χ0v) is 17.8. The van der Waals surface area contributed by atoms with E-state index in [2.05, 4.69) is 46.3 Å². The summed E-state index contributed by atoms with van der Waals surface area (Å²) in [6.45, 7) is 11.0. The largest absolute Gasteiger partial charge is 0.354 e. The summed E-state index contributed by atoms with van der Waals surface area (Å²) in [5.74, 6) is 1.64. The molecular weight excluding hydrogens is 421 g/mol. The number of hydrogen-bond donors (Lipinski definition) is 2. The molecule has 1 saturated heterocycles. The molecule has 0 spiro atoms. The third kappa shape index (κ3) is 7.34. The summed E-state index contributed by atoms with van der Waals surface area (Å²) in [6, 6.07) is 0.521. The van der Waals surface area contributed by atoms with Gasteiger partial charge >= 0.3 is 0 Å². The molecule has 0 saturated carbocycles. The van der Waals surface area contributed by atoms with Gasteiger partial charge in [0.25, 0.3) is 0 Å². The minimum Gasteiger partial charge on any atom is -0.354 e. The molecule has 0 aliphatic carbocycles. The Balaban J connectivity index is 0.00000264. The van der Waals surface area contributed by atoms with Crippen LogP contribution in [0.1, 0.15) is 36.6 Å². The van der Waals surface area contributed by atoms with Crippen molar-refractivity contribution in [3.05, 3.63) is 16.1 Å². The first-order valence-corrected chi connectivity index (χ1v) is 8.99.